The van der Waals surface area contributed by atoms with E-state index in [1.54, 1.807) is 6.92 Å². The van der Waals surface area contributed by atoms with Crippen LogP contribution >= 0.6 is 22.6 Å². The van der Waals surface area contributed by atoms with E-state index in [1.165, 1.54) is 30.1 Å². The zero-order valence-electron chi connectivity index (χ0n) is 8.81. The second-order valence-corrected chi connectivity index (χ2v) is 4.64. The van der Waals surface area contributed by atoms with E-state index < -0.39 is 0 Å². The number of hydrogen-bond acceptors (Lipinski definition) is 1. The van der Waals surface area contributed by atoms with Crippen LogP contribution in [0.2, 0.25) is 0 Å². The molecule has 0 saturated heterocycles. The van der Waals surface area contributed by atoms with E-state index in [-0.39, 0.29) is 0 Å². The van der Waals surface area contributed by atoms with Gasteiger partial charge in [0.1, 0.15) is 5.78 Å². The van der Waals surface area contributed by atoms with Crippen molar-refractivity contribution in [1.82, 2.24) is 0 Å². The van der Waals surface area contributed by atoms with Crippen molar-refractivity contribution in [3.63, 3.8) is 0 Å². The van der Waals surface area contributed by atoms with E-state index in [0.717, 1.165) is 18.8 Å². The minimum absolute atomic E-state index is 0.338. The van der Waals surface area contributed by atoms with Crippen LogP contribution < -0.4 is 0 Å². The summed E-state index contributed by atoms with van der Waals surface area (Å²) in [4.78, 5) is 10.8. The van der Waals surface area contributed by atoms with Gasteiger partial charge in [-0.2, -0.15) is 0 Å². The molecule has 1 atom stereocenters. The monoisotopic (exact) mass is 296 g/mol. The number of Topliss-reactive ketones (excluding diaryl/α,β-unsaturated/α-hetero) is 1. The molecule has 13 heavy (non-hydrogen) atoms. The van der Waals surface area contributed by atoms with E-state index in [1.807, 2.05) is 0 Å². The topological polar surface area (TPSA) is 17.1 Å². The van der Waals surface area contributed by atoms with E-state index in [0.29, 0.717) is 5.78 Å². The molecule has 0 bridgehead atoms. The Balaban J connectivity index is 3.45. The van der Waals surface area contributed by atoms with Gasteiger partial charge >= 0.3 is 0 Å². The molecule has 0 aromatic carbocycles. The van der Waals surface area contributed by atoms with Crippen molar-refractivity contribution in [3.05, 3.63) is 0 Å². The average molecular weight is 296 g/mol. The summed E-state index contributed by atoms with van der Waals surface area (Å²) in [6, 6.07) is 0. The lowest BCUT2D eigenvalue weighted by Gasteiger charge is -2.12. The highest BCUT2D eigenvalue weighted by atomic mass is 127. The van der Waals surface area contributed by atoms with Gasteiger partial charge in [-0.15, -0.1) is 0 Å². The van der Waals surface area contributed by atoms with Crippen LogP contribution in [-0.4, -0.2) is 10.2 Å². The van der Waals surface area contributed by atoms with Gasteiger partial charge in [0.25, 0.3) is 0 Å². The molecule has 0 N–H and O–H groups in total. The second kappa shape index (κ2) is 8.97. The molecule has 2 heteroatoms. The summed E-state index contributed by atoms with van der Waals surface area (Å²) in [5.41, 5.74) is 0. The average Bonchev–Trinajstić information content (AvgIpc) is 2.10. The lowest BCUT2D eigenvalue weighted by Crippen LogP contribution is -2.04. The third kappa shape index (κ3) is 8.72. The summed E-state index contributed by atoms with van der Waals surface area (Å²) in [5.74, 6) is 1.11. The van der Waals surface area contributed by atoms with E-state index in [2.05, 4.69) is 29.5 Å². The molecule has 0 saturated carbocycles. The van der Waals surface area contributed by atoms with Crippen LogP contribution in [0.5, 0.6) is 0 Å². The molecule has 0 radical (unpaired) electrons. The quantitative estimate of drug-likeness (QED) is 0.376. The molecule has 78 valence electrons. The maximum Gasteiger partial charge on any atom is 0.129 e. The first-order valence-electron chi connectivity index (χ1n) is 5.26. The van der Waals surface area contributed by atoms with Crippen LogP contribution in [0.15, 0.2) is 0 Å². The maximum absolute atomic E-state index is 10.8. The van der Waals surface area contributed by atoms with E-state index in [9.17, 15) is 4.79 Å². The summed E-state index contributed by atoms with van der Waals surface area (Å²) in [6.07, 6.45) is 7.15. The van der Waals surface area contributed by atoms with Gasteiger partial charge in [-0.1, -0.05) is 48.8 Å². The summed E-state index contributed by atoms with van der Waals surface area (Å²) < 4.78 is 1.20. The van der Waals surface area contributed by atoms with Crippen molar-refractivity contribution in [1.29, 1.82) is 0 Å². The van der Waals surface area contributed by atoms with Crippen LogP contribution in [-0.2, 0) is 4.79 Å². The molecule has 0 heterocycles. The van der Waals surface area contributed by atoms with Gasteiger partial charge in [-0.25, -0.2) is 0 Å². The van der Waals surface area contributed by atoms with Crippen molar-refractivity contribution < 1.29 is 4.79 Å². The highest BCUT2D eigenvalue weighted by Crippen LogP contribution is 2.18. The van der Waals surface area contributed by atoms with E-state index in [4.69, 9.17) is 0 Å². The highest BCUT2D eigenvalue weighted by molar-refractivity contribution is 14.1. The Morgan fingerprint density at radius 3 is 2.46 bits per heavy atom. The lowest BCUT2D eigenvalue weighted by atomic mass is 9.97. The summed E-state index contributed by atoms with van der Waals surface area (Å²) in [7, 11) is 0. The molecule has 0 aliphatic rings. The molecule has 0 aromatic rings. The van der Waals surface area contributed by atoms with Crippen LogP contribution in [0.25, 0.3) is 0 Å². The molecule has 1 unspecified atom stereocenters. The fourth-order valence-electron chi connectivity index (χ4n) is 1.39. The lowest BCUT2D eigenvalue weighted by molar-refractivity contribution is -0.117. The van der Waals surface area contributed by atoms with Crippen molar-refractivity contribution in [2.45, 2.75) is 52.4 Å². The molecule has 0 rings (SSSR count). The van der Waals surface area contributed by atoms with Gasteiger partial charge in [0.2, 0.25) is 0 Å². The maximum atomic E-state index is 10.8. The first kappa shape index (κ1) is 13.4. The normalized spacial score (nSPS) is 12.8. The fourth-order valence-corrected chi connectivity index (χ4v) is 2.27. The number of alkyl halides is 1. The predicted octanol–water partition coefficient (Wildman–Crippen LogP) is 3.99. The number of carbonyl (C=O) groups excluding carboxylic acids is 1. The third-order valence-electron chi connectivity index (χ3n) is 2.34. The van der Waals surface area contributed by atoms with Gasteiger partial charge in [0, 0.05) is 10.8 Å². The van der Waals surface area contributed by atoms with Gasteiger partial charge in [0.15, 0.2) is 0 Å². The minimum Gasteiger partial charge on any atom is -0.300 e. The van der Waals surface area contributed by atoms with E-state index >= 15 is 0 Å². The Morgan fingerprint density at radius 1 is 1.31 bits per heavy atom. The number of carbonyl (C=O) groups is 1. The van der Waals surface area contributed by atoms with Gasteiger partial charge < -0.3 is 4.79 Å². The predicted molar refractivity (Wildman–Crippen MR) is 66.4 cm³/mol. The first-order valence-corrected chi connectivity index (χ1v) is 6.78. The van der Waals surface area contributed by atoms with Crippen molar-refractivity contribution in [2.24, 2.45) is 5.92 Å². The van der Waals surface area contributed by atoms with Crippen molar-refractivity contribution in [2.75, 3.05) is 4.43 Å². The zero-order chi connectivity index (χ0) is 10.1. The Bertz CT molecular complexity index is 134. The van der Waals surface area contributed by atoms with Crippen molar-refractivity contribution >= 4 is 28.4 Å². The largest absolute Gasteiger partial charge is 0.300 e. The van der Waals surface area contributed by atoms with Gasteiger partial charge in [-0.05, 0) is 25.7 Å². The van der Waals surface area contributed by atoms with Crippen LogP contribution in [0, 0.1) is 5.92 Å². The molecule has 1 nitrogen and oxygen atoms in total. The Labute approximate surface area is 95.8 Å². The number of ketones is 1. The number of halogens is 1. The van der Waals surface area contributed by atoms with Crippen LogP contribution in [0.1, 0.15) is 52.4 Å². The zero-order valence-corrected chi connectivity index (χ0v) is 11.0. The number of unbranched alkanes of at least 4 members (excludes halogenated alkanes) is 2. The smallest absolute Gasteiger partial charge is 0.129 e. The van der Waals surface area contributed by atoms with Crippen LogP contribution in [0.3, 0.4) is 0 Å². The minimum atomic E-state index is 0.338. The molecule has 0 aromatic heterocycles. The third-order valence-corrected chi connectivity index (χ3v) is 3.58. The van der Waals surface area contributed by atoms with Gasteiger partial charge in [0.05, 0.1) is 0 Å². The molecule has 0 aliphatic carbocycles. The SMILES string of the molecule is CCCCCC(CI)CCC(C)=O. The standard InChI is InChI=1S/C11H21IO/c1-3-4-5-6-11(9-12)8-7-10(2)13/h11H,3-9H2,1-2H3. The Morgan fingerprint density at radius 2 is 2.00 bits per heavy atom. The molecular weight excluding hydrogens is 275 g/mol. The highest BCUT2D eigenvalue weighted by Gasteiger charge is 2.07. The summed E-state index contributed by atoms with van der Waals surface area (Å²) in [6.45, 7) is 3.92. The Kier molecular flexibility index (Phi) is 9.25. The molecule has 0 amide bonds. The summed E-state index contributed by atoms with van der Waals surface area (Å²) >= 11 is 2.44. The fraction of sp³-hybridized carbons (Fsp3) is 0.909. The molecule has 0 spiro atoms. The van der Waals surface area contributed by atoms with Crippen LogP contribution in [0.4, 0.5) is 0 Å². The Hall–Kier alpha value is 0.400. The number of rotatable bonds is 8. The summed E-state index contributed by atoms with van der Waals surface area (Å²) in [5, 5.41) is 0. The second-order valence-electron chi connectivity index (χ2n) is 3.76. The van der Waals surface area contributed by atoms with Crippen molar-refractivity contribution in [3.8, 4) is 0 Å². The molecular formula is C11H21IO. The first-order chi connectivity index (χ1) is 6.20. The molecule has 0 aliphatic heterocycles. The number of hydrogen-bond donors (Lipinski definition) is 0. The molecule has 0 fully saturated rings. The van der Waals surface area contributed by atoms with Gasteiger partial charge in [-0.3, -0.25) is 0 Å².